The fourth-order valence-corrected chi connectivity index (χ4v) is 5.90. The first-order valence-corrected chi connectivity index (χ1v) is 13.2. The highest BCUT2D eigenvalue weighted by molar-refractivity contribution is 7.99. The number of benzene rings is 3. The van der Waals surface area contributed by atoms with E-state index in [1.165, 1.54) is 10.4 Å². The van der Waals surface area contributed by atoms with Crippen LogP contribution in [0.3, 0.4) is 0 Å². The first-order chi connectivity index (χ1) is 16.4. The average Bonchev–Trinajstić information content (AvgIpc) is 2.86. The van der Waals surface area contributed by atoms with Crippen molar-refractivity contribution in [3.63, 3.8) is 0 Å². The number of para-hydroxylation sites is 1. The van der Waals surface area contributed by atoms with Crippen LogP contribution < -0.4 is 10.6 Å². The van der Waals surface area contributed by atoms with Crippen molar-refractivity contribution in [3.8, 4) is 0 Å². The predicted octanol–water partition coefficient (Wildman–Crippen LogP) is 4.22. The zero-order chi connectivity index (χ0) is 24.0. The van der Waals surface area contributed by atoms with Crippen molar-refractivity contribution in [3.05, 3.63) is 78.4 Å². The van der Waals surface area contributed by atoms with Crippen LogP contribution in [0, 0.1) is 6.92 Å². The maximum atomic E-state index is 13.0. The normalized spacial score (nSPS) is 14.5. The summed E-state index contributed by atoms with van der Waals surface area (Å²) >= 11 is 1.62. The van der Waals surface area contributed by atoms with E-state index in [-0.39, 0.29) is 17.3 Å². The van der Waals surface area contributed by atoms with Gasteiger partial charge in [-0.1, -0.05) is 48.2 Å². The molecular weight excluding hydrogens is 470 g/mol. The summed E-state index contributed by atoms with van der Waals surface area (Å²) < 4.78 is 32.6. The lowest BCUT2D eigenvalue weighted by molar-refractivity contribution is -0.114. The second-order valence-electron chi connectivity index (χ2n) is 7.81. The molecule has 1 aliphatic rings. The van der Waals surface area contributed by atoms with Crippen molar-refractivity contribution >= 4 is 39.1 Å². The Morgan fingerprint density at radius 2 is 1.68 bits per heavy atom. The average molecular weight is 498 g/mol. The largest absolute Gasteiger partial charge is 0.379 e. The van der Waals surface area contributed by atoms with Gasteiger partial charge in [0.15, 0.2) is 0 Å². The Hall–Kier alpha value is -2.85. The SMILES string of the molecule is Cc1ccc(S(=O)(=O)N2CCOCC2)cc1NC(=O)CNc1ccccc1Sc1ccccc1. The van der Waals surface area contributed by atoms with Gasteiger partial charge in [-0.25, -0.2) is 8.42 Å². The number of ether oxygens (including phenoxy) is 1. The van der Waals surface area contributed by atoms with Crippen LogP contribution in [-0.2, 0) is 19.6 Å². The van der Waals surface area contributed by atoms with E-state index in [1.807, 2.05) is 61.5 Å². The van der Waals surface area contributed by atoms with Crippen LogP contribution in [0.15, 0.2) is 87.5 Å². The molecule has 0 aromatic heterocycles. The Morgan fingerprint density at radius 1 is 0.971 bits per heavy atom. The number of carbonyl (C=O) groups is 1. The molecular formula is C25H27N3O4S2. The molecule has 0 spiro atoms. The van der Waals surface area contributed by atoms with E-state index >= 15 is 0 Å². The highest BCUT2D eigenvalue weighted by atomic mass is 32.2. The number of carbonyl (C=O) groups excluding carboxylic acids is 1. The molecule has 4 rings (SSSR count). The van der Waals surface area contributed by atoms with Crippen LogP contribution in [0.2, 0.25) is 0 Å². The highest BCUT2D eigenvalue weighted by Crippen LogP contribution is 2.33. The monoisotopic (exact) mass is 497 g/mol. The molecule has 0 saturated carbocycles. The molecule has 1 saturated heterocycles. The molecule has 3 aromatic carbocycles. The van der Waals surface area contributed by atoms with Crippen LogP contribution in [-0.4, -0.2) is 51.5 Å². The molecule has 7 nitrogen and oxygen atoms in total. The number of sulfonamides is 1. The molecule has 178 valence electrons. The van der Waals surface area contributed by atoms with Gasteiger partial charge in [0, 0.05) is 34.3 Å². The lowest BCUT2D eigenvalue weighted by Crippen LogP contribution is -2.40. The first kappa shape index (κ1) is 24.3. The molecule has 1 aliphatic heterocycles. The number of hydrogen-bond acceptors (Lipinski definition) is 6. The molecule has 9 heteroatoms. The van der Waals surface area contributed by atoms with Gasteiger partial charge in [-0.3, -0.25) is 4.79 Å². The van der Waals surface area contributed by atoms with Gasteiger partial charge in [0.2, 0.25) is 15.9 Å². The summed E-state index contributed by atoms with van der Waals surface area (Å²) in [5.74, 6) is -0.261. The van der Waals surface area contributed by atoms with Crippen molar-refractivity contribution < 1.29 is 17.9 Å². The number of aryl methyl sites for hydroxylation is 1. The summed E-state index contributed by atoms with van der Waals surface area (Å²) in [4.78, 5) is 15.0. The third-order valence-electron chi connectivity index (χ3n) is 5.39. The molecule has 0 atom stereocenters. The third-order valence-corrected chi connectivity index (χ3v) is 8.37. The number of morpholine rings is 1. The summed E-state index contributed by atoms with van der Waals surface area (Å²) in [6.07, 6.45) is 0. The van der Waals surface area contributed by atoms with E-state index in [0.717, 1.165) is 21.0 Å². The van der Waals surface area contributed by atoms with E-state index in [4.69, 9.17) is 4.74 Å². The minimum Gasteiger partial charge on any atom is -0.379 e. The number of amides is 1. The van der Waals surface area contributed by atoms with E-state index in [1.54, 1.807) is 23.9 Å². The van der Waals surface area contributed by atoms with Crippen LogP contribution in [0.25, 0.3) is 0 Å². The molecule has 2 N–H and O–H groups in total. The summed E-state index contributed by atoms with van der Waals surface area (Å²) in [6.45, 7) is 3.28. The van der Waals surface area contributed by atoms with Gasteiger partial charge < -0.3 is 15.4 Å². The van der Waals surface area contributed by atoms with E-state index in [2.05, 4.69) is 10.6 Å². The van der Waals surface area contributed by atoms with Crippen molar-refractivity contribution in [1.82, 2.24) is 4.31 Å². The van der Waals surface area contributed by atoms with Crippen LogP contribution in [0.5, 0.6) is 0 Å². The van der Waals surface area contributed by atoms with Crippen molar-refractivity contribution in [2.45, 2.75) is 21.6 Å². The lowest BCUT2D eigenvalue weighted by atomic mass is 10.2. The second kappa shape index (κ2) is 11.1. The van der Waals surface area contributed by atoms with Crippen LogP contribution in [0.1, 0.15) is 5.56 Å². The van der Waals surface area contributed by atoms with Gasteiger partial charge in [-0.2, -0.15) is 4.31 Å². The Balaban J connectivity index is 1.43. The van der Waals surface area contributed by atoms with Gasteiger partial charge >= 0.3 is 0 Å². The summed E-state index contributed by atoms with van der Waals surface area (Å²) in [6, 6.07) is 22.6. The van der Waals surface area contributed by atoms with Gasteiger partial charge in [-0.15, -0.1) is 0 Å². The highest BCUT2D eigenvalue weighted by Gasteiger charge is 2.26. The van der Waals surface area contributed by atoms with Gasteiger partial charge in [0.05, 0.1) is 24.7 Å². The second-order valence-corrected chi connectivity index (χ2v) is 10.9. The van der Waals surface area contributed by atoms with E-state index in [0.29, 0.717) is 32.0 Å². The van der Waals surface area contributed by atoms with E-state index < -0.39 is 10.0 Å². The third kappa shape index (κ3) is 5.98. The Morgan fingerprint density at radius 3 is 2.44 bits per heavy atom. The number of anilines is 2. The number of nitrogens with zero attached hydrogens (tertiary/aromatic N) is 1. The topological polar surface area (TPSA) is 87.7 Å². The Kier molecular flexibility index (Phi) is 7.89. The molecule has 1 fully saturated rings. The number of rotatable bonds is 8. The van der Waals surface area contributed by atoms with Gasteiger partial charge in [0.1, 0.15) is 0 Å². The first-order valence-electron chi connectivity index (χ1n) is 11.0. The fraction of sp³-hybridized carbons (Fsp3) is 0.240. The summed E-state index contributed by atoms with van der Waals surface area (Å²) in [7, 11) is -3.64. The van der Waals surface area contributed by atoms with Crippen molar-refractivity contribution in [2.24, 2.45) is 0 Å². The quantitative estimate of drug-likeness (QED) is 0.485. The molecule has 0 bridgehead atoms. The number of nitrogens with one attached hydrogen (secondary N) is 2. The van der Waals surface area contributed by atoms with Crippen molar-refractivity contribution in [2.75, 3.05) is 43.5 Å². The summed E-state index contributed by atoms with van der Waals surface area (Å²) in [5, 5.41) is 6.05. The summed E-state index contributed by atoms with van der Waals surface area (Å²) in [5.41, 5.74) is 2.12. The smallest absolute Gasteiger partial charge is 0.243 e. The number of hydrogen-bond donors (Lipinski definition) is 2. The predicted molar refractivity (Wildman–Crippen MR) is 135 cm³/mol. The fourth-order valence-electron chi connectivity index (χ4n) is 3.52. The minimum absolute atomic E-state index is 0.0479. The van der Waals surface area contributed by atoms with Crippen LogP contribution >= 0.6 is 11.8 Å². The Labute approximate surface area is 204 Å². The zero-order valence-electron chi connectivity index (χ0n) is 18.9. The van der Waals surface area contributed by atoms with Gasteiger partial charge in [-0.05, 0) is 48.9 Å². The van der Waals surface area contributed by atoms with Crippen LogP contribution in [0.4, 0.5) is 11.4 Å². The molecule has 1 amide bonds. The van der Waals surface area contributed by atoms with E-state index in [9.17, 15) is 13.2 Å². The van der Waals surface area contributed by atoms with Crippen molar-refractivity contribution in [1.29, 1.82) is 0 Å². The maximum Gasteiger partial charge on any atom is 0.243 e. The van der Waals surface area contributed by atoms with Gasteiger partial charge in [0.25, 0.3) is 0 Å². The maximum absolute atomic E-state index is 13.0. The Bertz CT molecular complexity index is 1240. The molecule has 0 unspecified atom stereocenters. The molecule has 3 aromatic rings. The molecule has 1 heterocycles. The lowest BCUT2D eigenvalue weighted by Gasteiger charge is -2.26. The molecule has 0 radical (unpaired) electrons. The minimum atomic E-state index is -3.64. The molecule has 0 aliphatic carbocycles. The standard InChI is InChI=1S/C25H27N3O4S2/c1-19-11-12-21(34(30,31)28-13-15-32-16-14-28)17-23(19)27-25(29)18-26-22-9-5-6-10-24(22)33-20-7-3-2-4-8-20/h2-12,17,26H,13-16,18H2,1H3,(H,27,29). The zero-order valence-corrected chi connectivity index (χ0v) is 20.5. The molecule has 34 heavy (non-hydrogen) atoms.